The molecule has 3 N–H and O–H groups in total. The fourth-order valence-electron chi connectivity index (χ4n) is 1.84. The number of ether oxygens (including phenoxy) is 3. The van der Waals surface area contributed by atoms with E-state index in [1.165, 1.54) is 0 Å². The molecule has 0 aromatic heterocycles. The van der Waals surface area contributed by atoms with Gasteiger partial charge in [0, 0.05) is 0 Å². The van der Waals surface area contributed by atoms with Crippen LogP contribution in [0.15, 0.2) is 0 Å². The maximum absolute atomic E-state index is 9.70. The third-order valence-electron chi connectivity index (χ3n) is 2.67. The molecular weight excluding hydrogens is 204 g/mol. The molecule has 0 aliphatic carbocycles. The molecule has 2 fully saturated rings. The van der Waals surface area contributed by atoms with Crippen LogP contribution in [0.1, 0.15) is 13.8 Å². The van der Waals surface area contributed by atoms with Crippen molar-refractivity contribution in [2.75, 3.05) is 6.61 Å². The number of aliphatic hydroxyl groups excluding tert-OH is 3. The van der Waals surface area contributed by atoms with Crippen LogP contribution in [0.5, 0.6) is 0 Å². The number of hydrogen-bond donors (Lipinski definition) is 3. The fraction of sp³-hybridized carbons (Fsp3) is 1.00. The van der Waals surface area contributed by atoms with Crippen LogP contribution in [0.2, 0.25) is 0 Å². The van der Waals surface area contributed by atoms with E-state index in [0.29, 0.717) is 0 Å². The lowest BCUT2D eigenvalue weighted by Gasteiger charge is -2.47. The van der Waals surface area contributed by atoms with Gasteiger partial charge in [-0.3, -0.25) is 0 Å². The van der Waals surface area contributed by atoms with Crippen molar-refractivity contribution in [3.63, 3.8) is 0 Å². The van der Waals surface area contributed by atoms with Gasteiger partial charge in [0.05, 0.1) is 6.61 Å². The second-order valence-electron chi connectivity index (χ2n) is 4.34. The first kappa shape index (κ1) is 11.3. The zero-order chi connectivity index (χ0) is 11.2. The lowest BCUT2D eigenvalue weighted by Crippen LogP contribution is -2.64. The Morgan fingerprint density at radius 2 is 1.80 bits per heavy atom. The van der Waals surface area contributed by atoms with E-state index in [0.717, 1.165) is 0 Å². The number of aliphatic hydroxyl groups is 3. The topological polar surface area (TPSA) is 88.4 Å². The van der Waals surface area contributed by atoms with Gasteiger partial charge in [0.15, 0.2) is 12.1 Å². The molecule has 0 aromatic carbocycles. The Morgan fingerprint density at radius 3 is 2.47 bits per heavy atom. The lowest BCUT2D eigenvalue weighted by molar-refractivity contribution is -0.377. The maximum Gasteiger partial charge on any atom is 0.184 e. The van der Waals surface area contributed by atoms with E-state index < -0.39 is 36.5 Å². The lowest BCUT2D eigenvalue weighted by atomic mass is 9.98. The van der Waals surface area contributed by atoms with Gasteiger partial charge in [-0.05, 0) is 13.8 Å². The summed E-state index contributed by atoms with van der Waals surface area (Å²) in [5.41, 5.74) is 0. The molecule has 0 aromatic rings. The van der Waals surface area contributed by atoms with E-state index in [1.807, 2.05) is 0 Å². The fourth-order valence-corrected chi connectivity index (χ4v) is 1.84. The SMILES string of the molecule is CC1(C)OC[C@H]2O[C@H](O)[C@H](O)[C@@H](O)[C@@H]2O1. The van der Waals surface area contributed by atoms with Gasteiger partial charge in [0.1, 0.15) is 24.4 Å². The largest absolute Gasteiger partial charge is 0.387 e. The highest BCUT2D eigenvalue weighted by atomic mass is 16.7. The minimum atomic E-state index is -1.39. The quantitative estimate of drug-likeness (QED) is 0.464. The number of hydrogen-bond acceptors (Lipinski definition) is 6. The Bertz CT molecular complexity index is 241. The van der Waals surface area contributed by atoms with Crippen molar-refractivity contribution in [2.24, 2.45) is 0 Å². The summed E-state index contributed by atoms with van der Waals surface area (Å²) in [4.78, 5) is 0. The smallest absolute Gasteiger partial charge is 0.184 e. The van der Waals surface area contributed by atoms with Crippen LogP contribution in [-0.2, 0) is 14.2 Å². The summed E-state index contributed by atoms with van der Waals surface area (Å²) in [6.07, 6.45) is -5.13. The van der Waals surface area contributed by atoms with Crippen LogP contribution >= 0.6 is 0 Å². The third kappa shape index (κ3) is 2.01. The minimum Gasteiger partial charge on any atom is -0.387 e. The first-order valence-electron chi connectivity index (χ1n) is 4.92. The Labute approximate surface area is 87.4 Å². The van der Waals surface area contributed by atoms with Crippen LogP contribution in [0.3, 0.4) is 0 Å². The Balaban J connectivity index is 2.12. The highest BCUT2D eigenvalue weighted by Crippen LogP contribution is 2.31. The van der Waals surface area contributed by atoms with Crippen molar-refractivity contribution in [3.8, 4) is 0 Å². The molecule has 0 spiro atoms. The van der Waals surface area contributed by atoms with E-state index in [9.17, 15) is 15.3 Å². The zero-order valence-electron chi connectivity index (χ0n) is 8.66. The van der Waals surface area contributed by atoms with Gasteiger partial charge in [0.2, 0.25) is 0 Å². The molecular formula is C9H16O6. The number of rotatable bonds is 0. The van der Waals surface area contributed by atoms with E-state index in [-0.39, 0.29) is 6.61 Å². The van der Waals surface area contributed by atoms with Crippen LogP contribution in [0.4, 0.5) is 0 Å². The van der Waals surface area contributed by atoms with Crippen molar-refractivity contribution in [3.05, 3.63) is 0 Å². The molecule has 0 radical (unpaired) electrons. The summed E-state index contributed by atoms with van der Waals surface area (Å²) >= 11 is 0. The summed E-state index contributed by atoms with van der Waals surface area (Å²) in [5, 5.41) is 28.4. The van der Waals surface area contributed by atoms with Crippen molar-refractivity contribution in [1.29, 1.82) is 0 Å². The molecule has 2 saturated heterocycles. The zero-order valence-corrected chi connectivity index (χ0v) is 8.66. The molecule has 2 aliphatic heterocycles. The molecule has 0 amide bonds. The highest BCUT2D eigenvalue weighted by molar-refractivity contribution is 4.92. The second-order valence-corrected chi connectivity index (χ2v) is 4.34. The predicted molar refractivity (Wildman–Crippen MR) is 47.8 cm³/mol. The first-order chi connectivity index (χ1) is 6.91. The monoisotopic (exact) mass is 220 g/mol. The van der Waals surface area contributed by atoms with E-state index >= 15 is 0 Å². The van der Waals surface area contributed by atoms with Gasteiger partial charge in [-0.25, -0.2) is 0 Å². The number of fused-ring (bicyclic) bond motifs is 1. The highest BCUT2D eigenvalue weighted by Gasteiger charge is 2.49. The molecule has 0 saturated carbocycles. The normalized spacial score (nSPS) is 49.8. The van der Waals surface area contributed by atoms with Gasteiger partial charge in [-0.2, -0.15) is 0 Å². The standard InChI is InChI=1S/C9H16O6/c1-9(2)13-3-4-7(15-9)5(10)6(11)8(12)14-4/h4-8,10-12H,3H2,1-2H3/t4-,5-,6-,7-,8+/m1/s1. The molecule has 2 rings (SSSR count). The van der Waals surface area contributed by atoms with Gasteiger partial charge in [0.25, 0.3) is 0 Å². The van der Waals surface area contributed by atoms with Crippen LogP contribution in [0, 0.1) is 0 Å². The third-order valence-corrected chi connectivity index (χ3v) is 2.67. The average molecular weight is 220 g/mol. The summed E-state index contributed by atoms with van der Waals surface area (Å²) in [6, 6.07) is 0. The van der Waals surface area contributed by atoms with E-state index in [2.05, 4.69) is 0 Å². The van der Waals surface area contributed by atoms with Crippen molar-refractivity contribution >= 4 is 0 Å². The van der Waals surface area contributed by atoms with Crippen molar-refractivity contribution in [2.45, 2.75) is 50.3 Å². The molecule has 0 unspecified atom stereocenters. The van der Waals surface area contributed by atoms with E-state index in [4.69, 9.17) is 14.2 Å². The second kappa shape index (κ2) is 3.65. The van der Waals surface area contributed by atoms with Gasteiger partial charge in [-0.15, -0.1) is 0 Å². The van der Waals surface area contributed by atoms with Crippen LogP contribution < -0.4 is 0 Å². The molecule has 2 aliphatic rings. The first-order valence-corrected chi connectivity index (χ1v) is 4.92. The van der Waals surface area contributed by atoms with Crippen molar-refractivity contribution < 1.29 is 29.5 Å². The summed E-state index contributed by atoms with van der Waals surface area (Å²) in [5.74, 6) is -0.812. The predicted octanol–water partition coefficient (Wildman–Crippen LogP) is -1.42. The summed E-state index contributed by atoms with van der Waals surface area (Å²) < 4.78 is 15.8. The molecule has 15 heavy (non-hydrogen) atoms. The molecule has 6 nitrogen and oxygen atoms in total. The Kier molecular flexibility index (Phi) is 2.74. The van der Waals surface area contributed by atoms with Crippen LogP contribution in [0.25, 0.3) is 0 Å². The van der Waals surface area contributed by atoms with E-state index in [1.54, 1.807) is 13.8 Å². The summed E-state index contributed by atoms with van der Waals surface area (Å²) in [7, 11) is 0. The summed E-state index contributed by atoms with van der Waals surface area (Å²) in [6.45, 7) is 3.65. The molecule has 6 heteroatoms. The molecule has 88 valence electrons. The molecule has 2 heterocycles. The minimum absolute atomic E-state index is 0.221. The molecule has 0 bridgehead atoms. The van der Waals surface area contributed by atoms with Gasteiger partial charge >= 0.3 is 0 Å². The van der Waals surface area contributed by atoms with Crippen LogP contribution in [-0.4, -0.2) is 58.4 Å². The van der Waals surface area contributed by atoms with Crippen molar-refractivity contribution in [1.82, 2.24) is 0 Å². The Hall–Kier alpha value is -0.240. The average Bonchev–Trinajstić information content (AvgIpc) is 2.16. The Morgan fingerprint density at radius 1 is 1.13 bits per heavy atom. The molecule has 5 atom stereocenters. The van der Waals surface area contributed by atoms with Gasteiger partial charge in [-0.1, -0.05) is 0 Å². The maximum atomic E-state index is 9.70. The van der Waals surface area contributed by atoms with Gasteiger partial charge < -0.3 is 29.5 Å².